The smallest absolute Gasteiger partial charge is 0.355 e. The van der Waals surface area contributed by atoms with Crippen molar-refractivity contribution in [3.05, 3.63) is 75.4 Å². The Balaban J connectivity index is 1.74. The van der Waals surface area contributed by atoms with Crippen LogP contribution in [0.4, 0.5) is 0 Å². The van der Waals surface area contributed by atoms with Gasteiger partial charge in [0, 0.05) is 39.1 Å². The van der Waals surface area contributed by atoms with Gasteiger partial charge in [0.15, 0.2) is 0 Å². The van der Waals surface area contributed by atoms with Crippen LogP contribution in [-0.2, 0) is 16.0 Å². The molecule has 0 aliphatic carbocycles. The van der Waals surface area contributed by atoms with Gasteiger partial charge in [-0.2, -0.15) is 0 Å². The van der Waals surface area contributed by atoms with E-state index in [4.69, 9.17) is 27.9 Å². The Hall–Kier alpha value is -2.76. The average Bonchev–Trinajstić information content (AvgIpc) is 3.05. The molecule has 3 rings (SSSR count). The summed E-state index contributed by atoms with van der Waals surface area (Å²) >= 11 is 12.2. The molecule has 0 unspecified atom stereocenters. The number of halogens is 2. The van der Waals surface area contributed by atoms with Crippen LogP contribution in [0.2, 0.25) is 10.0 Å². The topological polar surface area (TPSA) is 71.2 Å². The zero-order valence-electron chi connectivity index (χ0n) is 15.8. The fourth-order valence-electron chi connectivity index (χ4n) is 2.97. The van der Waals surface area contributed by atoms with Crippen LogP contribution in [-0.4, -0.2) is 30.0 Å². The highest BCUT2D eigenvalue weighted by Gasteiger charge is 2.17. The van der Waals surface area contributed by atoms with Crippen LogP contribution in [0.15, 0.2) is 48.5 Å². The van der Waals surface area contributed by atoms with Crippen LogP contribution >= 0.6 is 23.2 Å². The molecule has 0 atom stereocenters. The Bertz CT molecular complexity index is 1070. The van der Waals surface area contributed by atoms with Gasteiger partial charge in [-0.1, -0.05) is 47.5 Å². The number of hydrogen-bond acceptors (Lipinski definition) is 3. The van der Waals surface area contributed by atoms with Crippen LogP contribution in [0, 0.1) is 0 Å². The summed E-state index contributed by atoms with van der Waals surface area (Å²) in [6.45, 7) is 2.43. The maximum Gasteiger partial charge on any atom is 0.355 e. The molecular formula is C22H20Cl2N2O3. The van der Waals surface area contributed by atoms with Gasteiger partial charge in [-0.3, -0.25) is 4.79 Å². The number of nitrogens with one attached hydrogen (secondary N) is 2. The highest BCUT2D eigenvalue weighted by molar-refractivity contribution is 6.31. The number of hydrogen-bond donors (Lipinski definition) is 2. The predicted octanol–water partition coefficient (Wildman–Crippen LogP) is 5.02. The maximum atomic E-state index is 12.3. The highest BCUT2D eigenvalue weighted by Crippen LogP contribution is 2.27. The van der Waals surface area contributed by atoms with E-state index in [1.54, 1.807) is 31.2 Å². The number of benzene rings is 2. The van der Waals surface area contributed by atoms with Gasteiger partial charge in [-0.15, -0.1) is 0 Å². The van der Waals surface area contributed by atoms with Gasteiger partial charge in [0.1, 0.15) is 5.69 Å². The molecule has 0 aliphatic rings. The standard InChI is InChI=1S/C22H20Cl2N2O3/c1-2-29-22(28)21-17(16-8-7-15(23)13-19(16)26-21)9-10-20(27)25-12-11-14-5-3-4-6-18(14)24/h3-10,13,26H,2,11-12H2,1H3,(H,25,27)/b10-9+. The third-order valence-corrected chi connectivity index (χ3v) is 4.94. The summed E-state index contributed by atoms with van der Waals surface area (Å²) in [4.78, 5) is 27.6. The number of H-pyrrole nitrogens is 1. The van der Waals surface area contributed by atoms with Gasteiger partial charge >= 0.3 is 5.97 Å². The van der Waals surface area contributed by atoms with Gasteiger partial charge in [-0.05, 0) is 43.2 Å². The zero-order chi connectivity index (χ0) is 20.8. The second kappa shape index (κ2) is 9.63. The van der Waals surface area contributed by atoms with Crippen molar-refractivity contribution in [1.29, 1.82) is 0 Å². The largest absolute Gasteiger partial charge is 0.461 e. The van der Waals surface area contributed by atoms with Crippen molar-refractivity contribution in [1.82, 2.24) is 10.3 Å². The molecule has 150 valence electrons. The molecule has 0 radical (unpaired) electrons. The highest BCUT2D eigenvalue weighted by atomic mass is 35.5. The van der Waals surface area contributed by atoms with Crippen molar-refractivity contribution in [2.45, 2.75) is 13.3 Å². The van der Waals surface area contributed by atoms with E-state index in [-0.39, 0.29) is 18.2 Å². The lowest BCUT2D eigenvalue weighted by Gasteiger charge is -2.05. The molecule has 7 heteroatoms. The number of esters is 1. The van der Waals surface area contributed by atoms with Crippen molar-refractivity contribution in [3.63, 3.8) is 0 Å². The van der Waals surface area contributed by atoms with E-state index in [0.29, 0.717) is 34.1 Å². The first-order valence-electron chi connectivity index (χ1n) is 9.17. The van der Waals surface area contributed by atoms with Gasteiger partial charge in [0.2, 0.25) is 5.91 Å². The number of aromatic amines is 1. The summed E-state index contributed by atoms with van der Waals surface area (Å²) in [5.41, 5.74) is 2.52. The summed E-state index contributed by atoms with van der Waals surface area (Å²) in [5, 5.41) is 4.81. The molecule has 0 spiro atoms. The van der Waals surface area contributed by atoms with Gasteiger partial charge in [0.25, 0.3) is 0 Å². The van der Waals surface area contributed by atoms with E-state index < -0.39 is 5.97 Å². The minimum atomic E-state index is -0.487. The van der Waals surface area contributed by atoms with E-state index in [1.807, 2.05) is 24.3 Å². The van der Waals surface area contributed by atoms with Crippen molar-refractivity contribution in [2.75, 3.05) is 13.2 Å². The molecule has 0 bridgehead atoms. The number of aromatic nitrogens is 1. The molecule has 2 aromatic carbocycles. The molecule has 2 N–H and O–H groups in total. The zero-order valence-corrected chi connectivity index (χ0v) is 17.3. The molecule has 0 aliphatic heterocycles. The molecule has 5 nitrogen and oxygen atoms in total. The van der Waals surface area contributed by atoms with E-state index in [9.17, 15) is 9.59 Å². The number of rotatable bonds is 7. The fraction of sp³-hybridized carbons (Fsp3) is 0.182. The lowest BCUT2D eigenvalue weighted by Crippen LogP contribution is -2.23. The lowest BCUT2D eigenvalue weighted by molar-refractivity contribution is -0.116. The number of fused-ring (bicyclic) bond motifs is 1. The summed E-state index contributed by atoms with van der Waals surface area (Å²) in [7, 11) is 0. The SMILES string of the molecule is CCOC(=O)c1[nH]c2cc(Cl)ccc2c1/C=C/C(=O)NCCc1ccccc1Cl. The molecule has 0 saturated heterocycles. The Morgan fingerprint density at radius 3 is 2.72 bits per heavy atom. The van der Waals surface area contributed by atoms with Crippen molar-refractivity contribution < 1.29 is 14.3 Å². The van der Waals surface area contributed by atoms with Gasteiger partial charge in [-0.25, -0.2) is 4.79 Å². The first kappa shape index (κ1) is 21.0. The van der Waals surface area contributed by atoms with Crippen molar-refractivity contribution in [3.8, 4) is 0 Å². The molecule has 3 aromatic rings. The number of amides is 1. The Kier molecular flexibility index (Phi) is 6.96. The third kappa shape index (κ3) is 5.19. The second-order valence-corrected chi connectivity index (χ2v) is 7.13. The summed E-state index contributed by atoms with van der Waals surface area (Å²) in [6, 6.07) is 12.8. The summed E-state index contributed by atoms with van der Waals surface area (Å²) in [6.07, 6.45) is 3.62. The van der Waals surface area contributed by atoms with Crippen LogP contribution < -0.4 is 5.32 Å². The maximum absolute atomic E-state index is 12.3. The fourth-order valence-corrected chi connectivity index (χ4v) is 3.37. The Morgan fingerprint density at radius 2 is 1.97 bits per heavy atom. The van der Waals surface area contributed by atoms with Gasteiger partial charge in [0.05, 0.1) is 6.61 Å². The molecule has 0 saturated carbocycles. The number of ether oxygens (including phenoxy) is 1. The van der Waals surface area contributed by atoms with E-state index >= 15 is 0 Å². The van der Waals surface area contributed by atoms with E-state index in [1.165, 1.54) is 6.08 Å². The van der Waals surface area contributed by atoms with Crippen molar-refractivity contribution in [2.24, 2.45) is 0 Å². The van der Waals surface area contributed by atoms with Crippen LogP contribution in [0.1, 0.15) is 28.5 Å². The van der Waals surface area contributed by atoms with E-state index in [2.05, 4.69) is 10.3 Å². The third-order valence-electron chi connectivity index (χ3n) is 4.33. The van der Waals surface area contributed by atoms with E-state index in [0.717, 1.165) is 10.9 Å². The second-order valence-electron chi connectivity index (χ2n) is 6.29. The van der Waals surface area contributed by atoms with Crippen LogP contribution in [0.3, 0.4) is 0 Å². The average molecular weight is 431 g/mol. The monoisotopic (exact) mass is 430 g/mol. The number of carbonyl (C=O) groups excluding carboxylic acids is 2. The van der Waals surface area contributed by atoms with Crippen LogP contribution in [0.25, 0.3) is 17.0 Å². The van der Waals surface area contributed by atoms with Gasteiger partial charge < -0.3 is 15.0 Å². The minimum absolute atomic E-state index is 0.251. The first-order valence-corrected chi connectivity index (χ1v) is 9.93. The normalized spacial score (nSPS) is 11.1. The molecule has 1 aromatic heterocycles. The molecule has 0 fully saturated rings. The first-order chi connectivity index (χ1) is 14.0. The lowest BCUT2D eigenvalue weighted by atomic mass is 10.1. The predicted molar refractivity (Wildman–Crippen MR) is 116 cm³/mol. The Morgan fingerprint density at radius 1 is 1.17 bits per heavy atom. The molecule has 1 amide bonds. The molecule has 29 heavy (non-hydrogen) atoms. The van der Waals surface area contributed by atoms with Crippen molar-refractivity contribution >= 4 is 52.1 Å². The van der Waals surface area contributed by atoms with Crippen LogP contribution in [0.5, 0.6) is 0 Å². The Labute approximate surface area is 178 Å². The summed E-state index contributed by atoms with van der Waals surface area (Å²) < 4.78 is 5.11. The minimum Gasteiger partial charge on any atom is -0.461 e. The quantitative estimate of drug-likeness (QED) is 0.408. The molecule has 1 heterocycles. The summed E-state index contributed by atoms with van der Waals surface area (Å²) in [5.74, 6) is -0.756. The molecular weight excluding hydrogens is 411 g/mol. The number of carbonyl (C=O) groups is 2.